The minimum absolute atomic E-state index is 0.0101. The van der Waals surface area contributed by atoms with Crippen molar-refractivity contribution in [2.24, 2.45) is 5.92 Å². The Balaban J connectivity index is 1.52. The van der Waals surface area contributed by atoms with Crippen LogP contribution < -0.4 is 5.32 Å². The van der Waals surface area contributed by atoms with E-state index in [2.05, 4.69) is 15.0 Å². The van der Waals surface area contributed by atoms with Gasteiger partial charge in [-0.2, -0.15) is 0 Å². The van der Waals surface area contributed by atoms with Gasteiger partial charge < -0.3 is 15.0 Å². The number of ether oxygens (including phenoxy) is 1. The molecule has 1 aromatic carbocycles. The number of carbonyl (C=O) groups excluding carboxylic acids is 3. The van der Waals surface area contributed by atoms with Crippen LogP contribution in [0.25, 0.3) is 0 Å². The Labute approximate surface area is 174 Å². The van der Waals surface area contributed by atoms with Gasteiger partial charge in [0.05, 0.1) is 24.8 Å². The summed E-state index contributed by atoms with van der Waals surface area (Å²) in [6.07, 6.45) is 1.84. The lowest BCUT2D eigenvalue weighted by atomic mass is 10.1. The maximum Gasteiger partial charge on any atom is 0.305 e. The number of benzene rings is 1. The van der Waals surface area contributed by atoms with Gasteiger partial charge in [-0.15, -0.1) is 11.3 Å². The number of aromatic nitrogens is 1. The van der Waals surface area contributed by atoms with E-state index in [-0.39, 0.29) is 36.2 Å². The molecule has 2 unspecified atom stereocenters. The van der Waals surface area contributed by atoms with Crippen LogP contribution in [0.15, 0.2) is 35.7 Å². The number of aryl methyl sites for hydroxylation is 1. The molecule has 1 saturated heterocycles. The number of amides is 2. The number of rotatable bonds is 8. The third kappa shape index (κ3) is 5.41. The number of thiazole rings is 1. The van der Waals surface area contributed by atoms with Crippen molar-refractivity contribution in [1.82, 2.24) is 9.88 Å². The zero-order chi connectivity index (χ0) is 20.8. The number of carbonyl (C=O) groups is 3. The summed E-state index contributed by atoms with van der Waals surface area (Å²) in [5.41, 5.74) is 1.88. The van der Waals surface area contributed by atoms with E-state index >= 15 is 0 Å². The van der Waals surface area contributed by atoms with Crippen LogP contribution in [0, 0.1) is 5.92 Å². The Morgan fingerprint density at radius 2 is 2.10 bits per heavy atom. The minimum atomic E-state index is -0.389. The molecule has 0 radical (unpaired) electrons. The highest BCUT2D eigenvalue weighted by molar-refractivity contribution is 7.13. The van der Waals surface area contributed by atoms with E-state index < -0.39 is 0 Å². The first-order chi connectivity index (χ1) is 14.0. The summed E-state index contributed by atoms with van der Waals surface area (Å²) in [4.78, 5) is 42.4. The van der Waals surface area contributed by atoms with Crippen molar-refractivity contribution in [2.75, 3.05) is 19.0 Å². The Hall–Kier alpha value is -2.74. The Bertz CT molecular complexity index is 868. The third-order valence-corrected chi connectivity index (χ3v) is 5.91. The summed E-state index contributed by atoms with van der Waals surface area (Å²) < 4.78 is 4.62. The number of esters is 1. The summed E-state index contributed by atoms with van der Waals surface area (Å²) in [5.74, 6) is -0.824. The molecule has 2 heterocycles. The van der Waals surface area contributed by atoms with Gasteiger partial charge in [-0.3, -0.25) is 14.4 Å². The van der Waals surface area contributed by atoms with Crippen molar-refractivity contribution in [3.63, 3.8) is 0 Å². The molecule has 154 valence electrons. The topological polar surface area (TPSA) is 88.6 Å². The SMILES string of the molecule is COC(=O)CCCc1csc(NC(=O)C2CC(=O)N(C(C)c3ccccc3)C2)n1. The second kappa shape index (κ2) is 9.65. The summed E-state index contributed by atoms with van der Waals surface area (Å²) in [7, 11) is 1.37. The molecule has 0 aliphatic carbocycles. The third-order valence-electron chi connectivity index (χ3n) is 5.10. The molecule has 7 nitrogen and oxygen atoms in total. The fourth-order valence-electron chi connectivity index (χ4n) is 3.40. The van der Waals surface area contributed by atoms with Gasteiger partial charge >= 0.3 is 5.97 Å². The van der Waals surface area contributed by atoms with Crippen LogP contribution in [0.4, 0.5) is 5.13 Å². The van der Waals surface area contributed by atoms with Crippen LogP contribution in [0.5, 0.6) is 0 Å². The van der Waals surface area contributed by atoms with Crippen LogP contribution in [0.1, 0.15) is 43.5 Å². The highest BCUT2D eigenvalue weighted by Crippen LogP contribution is 2.29. The maximum absolute atomic E-state index is 12.6. The number of methoxy groups -OCH3 is 1. The molecule has 0 spiro atoms. The molecular weight excluding hydrogens is 390 g/mol. The number of hydrogen-bond acceptors (Lipinski definition) is 6. The van der Waals surface area contributed by atoms with Crippen molar-refractivity contribution >= 4 is 34.3 Å². The Kier molecular flexibility index (Phi) is 6.98. The molecular formula is C21H25N3O4S. The van der Waals surface area contributed by atoms with Gasteiger partial charge in [0.25, 0.3) is 0 Å². The molecule has 29 heavy (non-hydrogen) atoms. The smallest absolute Gasteiger partial charge is 0.305 e. The Morgan fingerprint density at radius 3 is 2.83 bits per heavy atom. The van der Waals surface area contributed by atoms with Crippen LogP contribution in [-0.4, -0.2) is 41.3 Å². The number of likely N-dealkylation sites (tertiary alicyclic amines) is 1. The molecule has 2 aromatic rings. The fraction of sp³-hybridized carbons (Fsp3) is 0.429. The van der Waals surface area contributed by atoms with E-state index in [1.807, 2.05) is 42.6 Å². The number of nitrogens with one attached hydrogen (secondary N) is 1. The lowest BCUT2D eigenvalue weighted by Crippen LogP contribution is -2.30. The zero-order valence-electron chi connectivity index (χ0n) is 16.6. The van der Waals surface area contributed by atoms with E-state index in [0.29, 0.717) is 30.9 Å². The normalized spacial score (nSPS) is 17.2. The van der Waals surface area contributed by atoms with Crippen molar-refractivity contribution in [3.05, 3.63) is 47.0 Å². The zero-order valence-corrected chi connectivity index (χ0v) is 17.4. The summed E-state index contributed by atoms with van der Waals surface area (Å²) in [6, 6.07) is 9.74. The first-order valence-corrected chi connectivity index (χ1v) is 10.5. The second-order valence-electron chi connectivity index (χ2n) is 7.10. The van der Waals surface area contributed by atoms with Gasteiger partial charge in [0.2, 0.25) is 11.8 Å². The van der Waals surface area contributed by atoms with Gasteiger partial charge in [-0.1, -0.05) is 30.3 Å². The average molecular weight is 416 g/mol. The molecule has 0 bridgehead atoms. The first-order valence-electron chi connectivity index (χ1n) is 9.64. The lowest BCUT2D eigenvalue weighted by molar-refractivity contribution is -0.140. The lowest BCUT2D eigenvalue weighted by Gasteiger charge is -2.25. The van der Waals surface area contributed by atoms with Crippen LogP contribution >= 0.6 is 11.3 Å². The molecule has 1 aliphatic rings. The van der Waals surface area contributed by atoms with E-state index in [1.54, 1.807) is 4.90 Å². The van der Waals surface area contributed by atoms with E-state index in [1.165, 1.54) is 18.4 Å². The highest BCUT2D eigenvalue weighted by Gasteiger charge is 2.37. The van der Waals surface area contributed by atoms with E-state index in [9.17, 15) is 14.4 Å². The molecule has 8 heteroatoms. The standard InChI is InChI=1S/C21H25N3O4S/c1-14(15-7-4-3-5-8-15)24-12-16(11-18(24)25)20(27)23-21-22-17(13-29-21)9-6-10-19(26)28-2/h3-5,7-8,13-14,16H,6,9-12H2,1-2H3,(H,22,23,27). The Morgan fingerprint density at radius 1 is 1.34 bits per heavy atom. The quantitative estimate of drug-likeness (QED) is 0.669. The van der Waals surface area contributed by atoms with Crippen LogP contribution in [0.3, 0.4) is 0 Å². The number of nitrogens with zero attached hydrogens (tertiary/aromatic N) is 2. The van der Waals surface area contributed by atoms with Gasteiger partial charge in [0, 0.05) is 24.8 Å². The molecule has 1 aliphatic heterocycles. The molecule has 3 rings (SSSR count). The van der Waals surface area contributed by atoms with Crippen molar-refractivity contribution < 1.29 is 19.1 Å². The maximum atomic E-state index is 12.6. The average Bonchev–Trinajstić information content (AvgIpc) is 3.34. The van der Waals surface area contributed by atoms with E-state index in [4.69, 9.17) is 0 Å². The largest absolute Gasteiger partial charge is 0.469 e. The molecule has 2 atom stereocenters. The number of hydrogen-bond donors (Lipinski definition) is 1. The number of anilines is 1. The molecule has 1 fully saturated rings. The van der Waals surface area contributed by atoms with Gasteiger partial charge in [0.15, 0.2) is 5.13 Å². The molecule has 0 saturated carbocycles. The predicted molar refractivity (Wildman–Crippen MR) is 110 cm³/mol. The predicted octanol–water partition coefficient (Wildman–Crippen LogP) is 3.19. The van der Waals surface area contributed by atoms with Gasteiger partial charge in [-0.25, -0.2) is 4.98 Å². The van der Waals surface area contributed by atoms with Crippen molar-refractivity contribution in [3.8, 4) is 0 Å². The van der Waals surface area contributed by atoms with E-state index in [0.717, 1.165) is 11.3 Å². The minimum Gasteiger partial charge on any atom is -0.469 e. The summed E-state index contributed by atoms with van der Waals surface area (Å²) in [5, 5.41) is 5.22. The monoisotopic (exact) mass is 415 g/mol. The fourth-order valence-corrected chi connectivity index (χ4v) is 4.14. The van der Waals surface area contributed by atoms with Crippen molar-refractivity contribution in [1.29, 1.82) is 0 Å². The second-order valence-corrected chi connectivity index (χ2v) is 7.95. The van der Waals surface area contributed by atoms with Crippen LogP contribution in [0.2, 0.25) is 0 Å². The summed E-state index contributed by atoms with van der Waals surface area (Å²) in [6.45, 7) is 2.38. The molecule has 2 amide bonds. The summed E-state index contributed by atoms with van der Waals surface area (Å²) >= 11 is 1.35. The van der Waals surface area contributed by atoms with Gasteiger partial charge in [0.1, 0.15) is 0 Å². The molecule has 1 aromatic heterocycles. The van der Waals surface area contributed by atoms with Crippen LogP contribution in [-0.2, 0) is 25.5 Å². The van der Waals surface area contributed by atoms with Gasteiger partial charge in [-0.05, 0) is 25.3 Å². The molecule has 1 N–H and O–H groups in total. The first kappa shape index (κ1) is 21.0. The van der Waals surface area contributed by atoms with Crippen molar-refractivity contribution in [2.45, 2.75) is 38.6 Å². The highest BCUT2D eigenvalue weighted by atomic mass is 32.1.